The molecular formula is C22H32ClN7O2. The summed E-state index contributed by atoms with van der Waals surface area (Å²) in [6.07, 6.45) is 8.89. The predicted molar refractivity (Wildman–Crippen MR) is 120 cm³/mol. The highest BCUT2D eigenvalue weighted by Crippen LogP contribution is 2.61. The second kappa shape index (κ2) is 8.41. The van der Waals surface area contributed by atoms with Gasteiger partial charge in [-0.1, -0.05) is 17.3 Å². The maximum Gasteiger partial charge on any atom is 0.245 e. The molecule has 6 aliphatic rings. The maximum atomic E-state index is 13.1. The fourth-order valence-corrected chi connectivity index (χ4v) is 6.90. The zero-order chi connectivity index (χ0) is 21.1. The largest absolute Gasteiger partial charge is 0.337 e. The number of hydrogen-bond acceptors (Lipinski definition) is 7. The number of anilines is 1. The lowest BCUT2D eigenvalue weighted by Crippen LogP contribution is -2.53. The van der Waals surface area contributed by atoms with Gasteiger partial charge < -0.3 is 4.90 Å². The van der Waals surface area contributed by atoms with Gasteiger partial charge >= 0.3 is 0 Å². The summed E-state index contributed by atoms with van der Waals surface area (Å²) in [5, 5.41) is 11.7. The normalized spacial score (nSPS) is 35.5. The number of halogens is 1. The topological polar surface area (TPSA) is 87.5 Å². The van der Waals surface area contributed by atoms with Crippen molar-refractivity contribution in [1.29, 1.82) is 0 Å². The van der Waals surface area contributed by atoms with Gasteiger partial charge in [0, 0.05) is 39.8 Å². The van der Waals surface area contributed by atoms with Gasteiger partial charge in [-0.15, -0.1) is 12.4 Å². The average Bonchev–Trinajstić information content (AvgIpc) is 3.28. The van der Waals surface area contributed by atoms with E-state index < -0.39 is 0 Å². The molecule has 1 aromatic heterocycles. The molecule has 0 N–H and O–H groups in total. The lowest BCUT2D eigenvalue weighted by molar-refractivity contribution is -0.140. The van der Waals surface area contributed by atoms with Gasteiger partial charge in [0.1, 0.15) is 0 Å². The van der Waals surface area contributed by atoms with E-state index in [0.29, 0.717) is 30.2 Å². The van der Waals surface area contributed by atoms with Crippen LogP contribution in [0.4, 0.5) is 5.95 Å². The van der Waals surface area contributed by atoms with Crippen LogP contribution in [-0.2, 0) is 16.6 Å². The van der Waals surface area contributed by atoms with Crippen LogP contribution in [0.2, 0.25) is 0 Å². The highest BCUT2D eigenvalue weighted by molar-refractivity contribution is 6.06. The van der Waals surface area contributed by atoms with Gasteiger partial charge in [-0.25, -0.2) is 4.68 Å². The molecule has 2 saturated carbocycles. The Kier molecular flexibility index (Phi) is 5.73. The number of likely N-dealkylation sites (tertiary alicyclic amines) is 1. The number of nitrogens with zero attached hydrogens (tertiary/aromatic N) is 7. The van der Waals surface area contributed by atoms with Crippen LogP contribution in [0.1, 0.15) is 25.7 Å². The molecule has 2 aliphatic heterocycles. The van der Waals surface area contributed by atoms with E-state index in [1.165, 1.54) is 12.8 Å². The van der Waals surface area contributed by atoms with Crippen molar-refractivity contribution in [3.8, 4) is 0 Å². The van der Waals surface area contributed by atoms with E-state index in [0.717, 1.165) is 51.5 Å². The van der Waals surface area contributed by atoms with Crippen molar-refractivity contribution in [3.63, 3.8) is 0 Å². The van der Waals surface area contributed by atoms with Gasteiger partial charge in [0.2, 0.25) is 17.8 Å². The van der Waals surface area contributed by atoms with Gasteiger partial charge in [0.15, 0.2) is 0 Å². The molecule has 4 aliphatic carbocycles. The highest BCUT2D eigenvalue weighted by Gasteiger charge is 2.63. The number of carbonyl (C=O) groups excluding carboxylic acids is 2. The number of aromatic nitrogens is 4. The van der Waals surface area contributed by atoms with E-state index in [1.54, 1.807) is 9.58 Å². The van der Waals surface area contributed by atoms with E-state index in [4.69, 9.17) is 0 Å². The molecular weight excluding hydrogens is 430 g/mol. The number of allylic oxidation sites excluding steroid dienone is 2. The van der Waals surface area contributed by atoms with Crippen molar-refractivity contribution >= 4 is 30.2 Å². The quantitative estimate of drug-likeness (QED) is 0.354. The Labute approximate surface area is 194 Å². The molecule has 0 aromatic carbocycles. The first-order valence-electron chi connectivity index (χ1n) is 11.9. The molecule has 32 heavy (non-hydrogen) atoms. The Balaban J connectivity index is 0.00000216. The molecule has 0 spiro atoms. The van der Waals surface area contributed by atoms with Crippen LogP contribution in [0.25, 0.3) is 0 Å². The minimum absolute atomic E-state index is 0. The minimum Gasteiger partial charge on any atom is -0.337 e. The summed E-state index contributed by atoms with van der Waals surface area (Å²) in [4.78, 5) is 32.5. The van der Waals surface area contributed by atoms with Crippen LogP contribution in [0.3, 0.4) is 0 Å². The molecule has 6 atom stereocenters. The second-order valence-electron chi connectivity index (χ2n) is 9.96. The Morgan fingerprint density at radius 3 is 2.03 bits per heavy atom. The zero-order valence-electron chi connectivity index (χ0n) is 18.5. The minimum atomic E-state index is -0.0628. The molecule has 4 fully saturated rings. The van der Waals surface area contributed by atoms with Gasteiger partial charge in [-0.05, 0) is 66.3 Å². The number of amides is 2. The van der Waals surface area contributed by atoms with Crippen molar-refractivity contribution in [2.45, 2.75) is 25.7 Å². The fraction of sp³-hybridized carbons (Fsp3) is 0.773. The molecule has 2 amide bonds. The number of rotatable bonds is 6. The summed E-state index contributed by atoms with van der Waals surface area (Å²) < 4.78 is 1.71. The first kappa shape index (κ1) is 21.8. The Hall–Kier alpha value is -2.00. The molecule has 0 radical (unpaired) electrons. The van der Waals surface area contributed by atoms with Gasteiger partial charge in [-0.3, -0.25) is 19.4 Å². The summed E-state index contributed by atoms with van der Waals surface area (Å²) in [6, 6.07) is 0. The van der Waals surface area contributed by atoms with Crippen LogP contribution in [0.15, 0.2) is 12.2 Å². The highest BCUT2D eigenvalue weighted by atomic mass is 35.5. The lowest BCUT2D eigenvalue weighted by atomic mass is 9.47. The summed E-state index contributed by atoms with van der Waals surface area (Å²) in [7, 11) is 1.87. The monoisotopic (exact) mass is 461 g/mol. The Morgan fingerprint density at radius 1 is 0.906 bits per heavy atom. The SMILES string of the molecule is Cl.Cn1nnnc1N1CCN(CCCCN2C(=O)C3C4C=CC(C5CCC45)C3C2=O)CC1. The summed E-state index contributed by atoms with van der Waals surface area (Å²) in [6.45, 7) is 5.39. The Bertz CT molecular complexity index is 874. The molecule has 9 nitrogen and oxygen atoms in total. The smallest absolute Gasteiger partial charge is 0.245 e. The maximum absolute atomic E-state index is 13.1. The van der Waals surface area contributed by atoms with Crippen molar-refractivity contribution in [2.75, 3.05) is 44.2 Å². The summed E-state index contributed by atoms with van der Waals surface area (Å²) in [5.74, 6) is 2.87. The standard InChI is InChI=1S/C22H31N7O2.ClH/c1-26-22(23-24-25-26)28-12-10-27(11-13-28)8-2-3-9-29-20(30)18-16-6-7-17(19(18)21(29)31)15-5-4-14(15)16;/h6-7,14-19H,2-5,8-13H2,1H3;1H. The van der Waals surface area contributed by atoms with Crippen LogP contribution >= 0.6 is 12.4 Å². The van der Waals surface area contributed by atoms with Crippen LogP contribution in [0, 0.1) is 35.5 Å². The first-order valence-corrected chi connectivity index (χ1v) is 11.9. The van der Waals surface area contributed by atoms with E-state index in [1.807, 2.05) is 7.05 Å². The van der Waals surface area contributed by atoms with Crippen molar-refractivity contribution in [2.24, 2.45) is 42.6 Å². The van der Waals surface area contributed by atoms with Crippen molar-refractivity contribution in [3.05, 3.63) is 12.2 Å². The molecule has 7 rings (SSSR count). The number of aryl methyl sites for hydroxylation is 1. The van der Waals surface area contributed by atoms with E-state index in [-0.39, 0.29) is 36.1 Å². The number of unbranched alkanes of at least 4 members (excludes halogenated alkanes) is 1. The van der Waals surface area contributed by atoms with Crippen molar-refractivity contribution in [1.82, 2.24) is 30.0 Å². The molecule has 2 bridgehead atoms. The van der Waals surface area contributed by atoms with Gasteiger partial charge in [-0.2, -0.15) is 0 Å². The molecule has 2 saturated heterocycles. The third-order valence-electron chi connectivity index (χ3n) is 8.61. The average molecular weight is 462 g/mol. The summed E-state index contributed by atoms with van der Waals surface area (Å²) >= 11 is 0. The van der Waals surface area contributed by atoms with Gasteiger partial charge in [0.05, 0.1) is 11.8 Å². The molecule has 3 heterocycles. The Morgan fingerprint density at radius 2 is 1.50 bits per heavy atom. The van der Waals surface area contributed by atoms with Gasteiger partial charge in [0.25, 0.3) is 0 Å². The number of tetrazole rings is 1. The predicted octanol–water partition coefficient (Wildman–Crippen LogP) is 0.977. The number of piperazine rings is 1. The number of hydrogen-bond donors (Lipinski definition) is 0. The van der Waals surface area contributed by atoms with E-state index >= 15 is 0 Å². The zero-order valence-corrected chi connectivity index (χ0v) is 19.4. The molecule has 1 aromatic rings. The van der Waals surface area contributed by atoms with Crippen LogP contribution < -0.4 is 4.90 Å². The number of imide groups is 1. The van der Waals surface area contributed by atoms with E-state index in [2.05, 4.69) is 37.5 Å². The lowest BCUT2D eigenvalue weighted by Gasteiger charge is -2.55. The molecule has 174 valence electrons. The third kappa shape index (κ3) is 3.27. The fourth-order valence-electron chi connectivity index (χ4n) is 6.90. The third-order valence-corrected chi connectivity index (χ3v) is 8.61. The van der Waals surface area contributed by atoms with Crippen LogP contribution in [0.5, 0.6) is 0 Å². The molecule has 6 unspecified atom stereocenters. The second-order valence-corrected chi connectivity index (χ2v) is 9.96. The first-order chi connectivity index (χ1) is 15.1. The van der Waals surface area contributed by atoms with Crippen LogP contribution in [-0.4, -0.2) is 81.1 Å². The molecule has 10 heteroatoms. The van der Waals surface area contributed by atoms with Crippen molar-refractivity contribution < 1.29 is 9.59 Å². The summed E-state index contributed by atoms with van der Waals surface area (Å²) in [5.41, 5.74) is 0. The van der Waals surface area contributed by atoms with E-state index in [9.17, 15) is 9.59 Å². The number of carbonyl (C=O) groups is 2.